The summed E-state index contributed by atoms with van der Waals surface area (Å²) in [4.78, 5) is 23.5. The van der Waals surface area contributed by atoms with E-state index in [1.54, 1.807) is 38.1 Å². The lowest BCUT2D eigenvalue weighted by molar-refractivity contribution is -0.143. The predicted molar refractivity (Wildman–Crippen MR) is 82.2 cm³/mol. The standard InChI is InChI=1S/C15H15BrN2O4/c1-9-13(10(2)22-18-9)8-21-14(19)7-17-15(20)11-3-5-12(16)6-4-11/h3-6H,7-8H2,1-2H3,(H,17,20). The lowest BCUT2D eigenvalue weighted by Crippen LogP contribution is -2.30. The third-order valence-corrected chi connectivity index (χ3v) is 3.59. The van der Waals surface area contributed by atoms with Crippen molar-refractivity contribution in [1.29, 1.82) is 0 Å². The molecule has 0 aliphatic rings. The normalized spacial score (nSPS) is 10.3. The predicted octanol–water partition coefficient (Wildman–Crippen LogP) is 2.53. The van der Waals surface area contributed by atoms with E-state index in [1.165, 1.54) is 0 Å². The molecule has 7 heteroatoms. The van der Waals surface area contributed by atoms with Crippen LogP contribution in [0, 0.1) is 13.8 Å². The van der Waals surface area contributed by atoms with Gasteiger partial charge in [0.25, 0.3) is 5.91 Å². The van der Waals surface area contributed by atoms with Crippen LogP contribution in [-0.2, 0) is 16.1 Å². The summed E-state index contributed by atoms with van der Waals surface area (Å²) in [5.74, 6) is -0.239. The Bertz CT molecular complexity index is 660. The average Bonchev–Trinajstić information content (AvgIpc) is 2.82. The summed E-state index contributed by atoms with van der Waals surface area (Å²) in [5.41, 5.74) is 1.90. The van der Waals surface area contributed by atoms with Gasteiger partial charge in [0, 0.05) is 10.0 Å². The molecular weight excluding hydrogens is 352 g/mol. The van der Waals surface area contributed by atoms with Crippen LogP contribution < -0.4 is 5.32 Å². The van der Waals surface area contributed by atoms with Crippen LogP contribution in [0.4, 0.5) is 0 Å². The molecule has 1 aromatic carbocycles. The Morgan fingerprint density at radius 3 is 2.55 bits per heavy atom. The van der Waals surface area contributed by atoms with E-state index >= 15 is 0 Å². The van der Waals surface area contributed by atoms with E-state index in [-0.39, 0.29) is 19.1 Å². The van der Waals surface area contributed by atoms with Crippen molar-refractivity contribution < 1.29 is 18.8 Å². The van der Waals surface area contributed by atoms with Crippen molar-refractivity contribution in [3.05, 3.63) is 51.3 Å². The zero-order valence-corrected chi connectivity index (χ0v) is 13.8. The van der Waals surface area contributed by atoms with Crippen LogP contribution >= 0.6 is 15.9 Å². The maximum atomic E-state index is 11.8. The zero-order chi connectivity index (χ0) is 16.1. The van der Waals surface area contributed by atoms with E-state index in [0.717, 1.165) is 10.0 Å². The first-order chi connectivity index (χ1) is 10.5. The Labute approximate surface area is 135 Å². The van der Waals surface area contributed by atoms with Crippen LogP contribution in [0.2, 0.25) is 0 Å². The lowest BCUT2D eigenvalue weighted by atomic mass is 10.2. The van der Waals surface area contributed by atoms with Gasteiger partial charge in [-0.05, 0) is 38.1 Å². The topological polar surface area (TPSA) is 81.4 Å². The zero-order valence-electron chi connectivity index (χ0n) is 12.2. The van der Waals surface area contributed by atoms with E-state index in [2.05, 4.69) is 26.4 Å². The van der Waals surface area contributed by atoms with Crippen molar-refractivity contribution in [2.45, 2.75) is 20.5 Å². The van der Waals surface area contributed by atoms with Gasteiger partial charge in [-0.15, -0.1) is 0 Å². The number of carbonyl (C=O) groups excluding carboxylic acids is 2. The number of rotatable bonds is 5. The van der Waals surface area contributed by atoms with E-state index in [9.17, 15) is 9.59 Å². The smallest absolute Gasteiger partial charge is 0.325 e. The summed E-state index contributed by atoms with van der Waals surface area (Å²) in [7, 11) is 0. The summed E-state index contributed by atoms with van der Waals surface area (Å²) in [6.07, 6.45) is 0. The number of esters is 1. The molecule has 2 aromatic rings. The fourth-order valence-corrected chi connectivity index (χ4v) is 2.03. The maximum absolute atomic E-state index is 11.8. The molecule has 0 unspecified atom stereocenters. The van der Waals surface area contributed by atoms with E-state index in [1.807, 2.05) is 0 Å². The molecular formula is C15H15BrN2O4. The van der Waals surface area contributed by atoms with Gasteiger partial charge in [-0.2, -0.15) is 0 Å². The highest BCUT2D eigenvalue weighted by Crippen LogP contribution is 2.13. The van der Waals surface area contributed by atoms with Crippen LogP contribution in [0.15, 0.2) is 33.3 Å². The molecule has 1 heterocycles. The molecule has 0 saturated carbocycles. The molecule has 0 fully saturated rings. The fraction of sp³-hybridized carbons (Fsp3) is 0.267. The number of halogens is 1. The van der Waals surface area contributed by atoms with Crippen LogP contribution in [0.5, 0.6) is 0 Å². The average molecular weight is 367 g/mol. The highest BCUT2D eigenvalue weighted by molar-refractivity contribution is 9.10. The molecule has 0 bridgehead atoms. The van der Waals surface area contributed by atoms with Crippen molar-refractivity contribution in [3.8, 4) is 0 Å². The second kappa shape index (κ2) is 7.22. The number of carbonyl (C=O) groups is 2. The highest BCUT2D eigenvalue weighted by Gasteiger charge is 2.13. The number of hydrogen-bond donors (Lipinski definition) is 1. The third-order valence-electron chi connectivity index (χ3n) is 3.06. The van der Waals surface area contributed by atoms with Crippen molar-refractivity contribution >= 4 is 27.8 Å². The van der Waals surface area contributed by atoms with Gasteiger partial charge in [-0.1, -0.05) is 21.1 Å². The SMILES string of the molecule is Cc1noc(C)c1COC(=O)CNC(=O)c1ccc(Br)cc1. The summed E-state index contributed by atoms with van der Waals surface area (Å²) >= 11 is 3.29. The van der Waals surface area contributed by atoms with Gasteiger partial charge in [0.05, 0.1) is 11.3 Å². The van der Waals surface area contributed by atoms with Gasteiger partial charge in [0.2, 0.25) is 0 Å². The molecule has 2 rings (SSSR count). The van der Waals surface area contributed by atoms with E-state index < -0.39 is 5.97 Å². The third kappa shape index (κ3) is 4.17. The quantitative estimate of drug-likeness (QED) is 0.822. The Balaban J connectivity index is 1.80. The van der Waals surface area contributed by atoms with Gasteiger partial charge in [-0.25, -0.2) is 0 Å². The van der Waals surface area contributed by atoms with Gasteiger partial charge in [-0.3, -0.25) is 9.59 Å². The molecule has 22 heavy (non-hydrogen) atoms. The largest absolute Gasteiger partial charge is 0.459 e. The molecule has 1 N–H and O–H groups in total. The molecule has 0 spiro atoms. The molecule has 0 radical (unpaired) electrons. The molecule has 0 saturated heterocycles. The van der Waals surface area contributed by atoms with Crippen molar-refractivity contribution in [2.24, 2.45) is 0 Å². The number of aromatic nitrogens is 1. The molecule has 1 aromatic heterocycles. The Morgan fingerprint density at radius 1 is 1.27 bits per heavy atom. The molecule has 116 valence electrons. The summed E-state index contributed by atoms with van der Waals surface area (Å²) < 4.78 is 10.9. The van der Waals surface area contributed by atoms with E-state index in [4.69, 9.17) is 9.26 Å². The van der Waals surface area contributed by atoms with Crippen LogP contribution in [0.25, 0.3) is 0 Å². The van der Waals surface area contributed by atoms with Gasteiger partial charge >= 0.3 is 5.97 Å². The monoisotopic (exact) mass is 366 g/mol. The van der Waals surface area contributed by atoms with Gasteiger partial charge < -0.3 is 14.6 Å². The van der Waals surface area contributed by atoms with Crippen LogP contribution in [0.1, 0.15) is 27.4 Å². The number of nitrogens with one attached hydrogen (secondary N) is 1. The first-order valence-corrected chi connectivity index (χ1v) is 7.38. The second-order valence-corrected chi connectivity index (χ2v) is 5.57. The minimum absolute atomic E-state index is 0.0775. The molecule has 6 nitrogen and oxygen atoms in total. The summed E-state index contributed by atoms with van der Waals surface area (Å²) in [6, 6.07) is 6.83. The van der Waals surface area contributed by atoms with Crippen molar-refractivity contribution in [2.75, 3.05) is 6.54 Å². The van der Waals surface area contributed by atoms with Crippen LogP contribution in [0.3, 0.4) is 0 Å². The number of amides is 1. The minimum atomic E-state index is -0.523. The van der Waals surface area contributed by atoms with Gasteiger partial charge in [0.15, 0.2) is 0 Å². The fourth-order valence-electron chi connectivity index (χ4n) is 1.77. The summed E-state index contributed by atoms with van der Waals surface area (Å²) in [5, 5.41) is 6.28. The molecule has 0 atom stereocenters. The molecule has 1 amide bonds. The Kier molecular flexibility index (Phi) is 5.32. The molecule has 0 aliphatic carbocycles. The number of nitrogens with zero attached hydrogens (tertiary/aromatic N) is 1. The Hall–Kier alpha value is -2.15. The van der Waals surface area contributed by atoms with Crippen LogP contribution in [-0.4, -0.2) is 23.6 Å². The number of hydrogen-bond acceptors (Lipinski definition) is 5. The highest BCUT2D eigenvalue weighted by atomic mass is 79.9. The van der Waals surface area contributed by atoms with Gasteiger partial charge in [0.1, 0.15) is 18.9 Å². The maximum Gasteiger partial charge on any atom is 0.325 e. The minimum Gasteiger partial charge on any atom is -0.459 e. The number of aryl methyl sites for hydroxylation is 2. The van der Waals surface area contributed by atoms with E-state index in [0.29, 0.717) is 17.0 Å². The molecule has 0 aliphatic heterocycles. The second-order valence-electron chi connectivity index (χ2n) is 4.65. The first-order valence-electron chi connectivity index (χ1n) is 6.58. The lowest BCUT2D eigenvalue weighted by Gasteiger charge is -2.06. The summed E-state index contributed by atoms with van der Waals surface area (Å²) in [6.45, 7) is 3.40. The van der Waals surface area contributed by atoms with Crippen molar-refractivity contribution in [3.63, 3.8) is 0 Å². The number of benzene rings is 1. The number of ether oxygens (including phenoxy) is 1. The Morgan fingerprint density at radius 2 is 1.95 bits per heavy atom. The van der Waals surface area contributed by atoms with Crippen molar-refractivity contribution in [1.82, 2.24) is 10.5 Å². The first kappa shape index (κ1) is 16.2.